The molecule has 24 heavy (non-hydrogen) atoms. The highest BCUT2D eigenvalue weighted by Gasteiger charge is 2.36. The summed E-state index contributed by atoms with van der Waals surface area (Å²) in [5.41, 5.74) is 0.0819. The van der Waals surface area contributed by atoms with Crippen molar-refractivity contribution >= 4 is 16.9 Å². The van der Waals surface area contributed by atoms with E-state index in [0.29, 0.717) is 5.92 Å². The van der Waals surface area contributed by atoms with Crippen LogP contribution >= 0.6 is 0 Å². The van der Waals surface area contributed by atoms with Crippen molar-refractivity contribution in [2.45, 2.75) is 25.1 Å². The molecule has 1 N–H and O–H groups in total. The highest BCUT2D eigenvalue weighted by Crippen LogP contribution is 2.33. The predicted molar refractivity (Wildman–Crippen MR) is 79.4 cm³/mol. The maximum Gasteiger partial charge on any atom is 0.449 e. The zero-order chi connectivity index (χ0) is 16.9. The molecule has 0 aromatic carbocycles. The number of fused-ring (bicyclic) bond motifs is 4. The molecule has 5 nitrogen and oxygen atoms in total. The average molecular weight is 339 g/mol. The summed E-state index contributed by atoms with van der Waals surface area (Å²) in [6.07, 6.45) is -1.20. The molecule has 0 aliphatic carbocycles. The van der Waals surface area contributed by atoms with E-state index in [-0.39, 0.29) is 28.6 Å². The van der Waals surface area contributed by atoms with Gasteiger partial charge in [-0.1, -0.05) is 0 Å². The van der Waals surface area contributed by atoms with Crippen LogP contribution in [0.4, 0.5) is 13.2 Å². The first-order chi connectivity index (χ1) is 11.4. The quantitative estimate of drug-likeness (QED) is 0.914. The van der Waals surface area contributed by atoms with Gasteiger partial charge in [-0.3, -0.25) is 9.78 Å². The van der Waals surface area contributed by atoms with Crippen LogP contribution in [-0.2, 0) is 6.18 Å². The maximum atomic E-state index is 12.7. The number of amides is 1. The number of pyridine rings is 1. The fourth-order valence-electron chi connectivity index (χ4n) is 3.57. The van der Waals surface area contributed by atoms with Gasteiger partial charge < -0.3 is 14.6 Å². The van der Waals surface area contributed by atoms with Crippen molar-refractivity contribution in [3.63, 3.8) is 0 Å². The molecule has 1 atom stereocenters. The summed E-state index contributed by atoms with van der Waals surface area (Å²) in [6, 6.07) is 2.22. The van der Waals surface area contributed by atoms with Crippen molar-refractivity contribution in [2.75, 3.05) is 19.6 Å². The maximum absolute atomic E-state index is 12.7. The molecule has 2 bridgehead atoms. The van der Waals surface area contributed by atoms with E-state index < -0.39 is 11.9 Å². The zero-order valence-electron chi connectivity index (χ0n) is 12.8. The Hall–Kier alpha value is -2.09. The van der Waals surface area contributed by atoms with Gasteiger partial charge in [0.2, 0.25) is 5.76 Å². The van der Waals surface area contributed by atoms with E-state index >= 15 is 0 Å². The van der Waals surface area contributed by atoms with Crippen molar-refractivity contribution < 1.29 is 22.4 Å². The van der Waals surface area contributed by atoms with Crippen LogP contribution < -0.4 is 5.32 Å². The van der Waals surface area contributed by atoms with Crippen LogP contribution in [0.3, 0.4) is 0 Å². The Bertz CT molecular complexity index is 778. The van der Waals surface area contributed by atoms with Crippen molar-refractivity contribution in [2.24, 2.45) is 5.92 Å². The third-order valence-corrected chi connectivity index (χ3v) is 4.89. The summed E-state index contributed by atoms with van der Waals surface area (Å²) in [5, 5.41) is 3.19. The van der Waals surface area contributed by atoms with E-state index in [4.69, 9.17) is 4.42 Å². The molecule has 1 unspecified atom stereocenters. The van der Waals surface area contributed by atoms with Crippen LogP contribution in [0.15, 0.2) is 22.7 Å². The minimum absolute atomic E-state index is 0.0105. The van der Waals surface area contributed by atoms with E-state index in [1.807, 2.05) is 0 Å². The van der Waals surface area contributed by atoms with E-state index in [1.165, 1.54) is 12.3 Å². The van der Waals surface area contributed by atoms with Gasteiger partial charge in [-0.15, -0.1) is 0 Å². The van der Waals surface area contributed by atoms with Gasteiger partial charge in [-0.2, -0.15) is 13.2 Å². The molecule has 1 amide bonds. The zero-order valence-corrected chi connectivity index (χ0v) is 12.8. The lowest BCUT2D eigenvalue weighted by atomic mass is 9.84. The third-order valence-electron chi connectivity index (χ3n) is 4.89. The fraction of sp³-hybridized carbons (Fsp3) is 0.500. The topological polar surface area (TPSA) is 58.4 Å². The smallest absolute Gasteiger partial charge is 0.449 e. The van der Waals surface area contributed by atoms with E-state index in [0.717, 1.165) is 38.5 Å². The summed E-state index contributed by atoms with van der Waals surface area (Å²) >= 11 is 0. The second kappa shape index (κ2) is 5.47. The van der Waals surface area contributed by atoms with Gasteiger partial charge in [0.05, 0.1) is 0 Å². The first kappa shape index (κ1) is 15.4. The average Bonchev–Trinajstić information content (AvgIpc) is 2.99. The normalized spacial score (nSPS) is 26.7. The highest BCUT2D eigenvalue weighted by molar-refractivity contribution is 5.95. The summed E-state index contributed by atoms with van der Waals surface area (Å²) in [5.74, 6) is -1.00. The minimum Gasteiger partial charge on any atom is -0.451 e. The largest absolute Gasteiger partial charge is 0.451 e. The number of nitrogens with one attached hydrogen (secondary N) is 1. The van der Waals surface area contributed by atoms with Crippen LogP contribution in [0.1, 0.15) is 29.1 Å². The summed E-state index contributed by atoms with van der Waals surface area (Å²) in [6.45, 7) is 2.94. The second-order valence-electron chi connectivity index (χ2n) is 6.43. The van der Waals surface area contributed by atoms with Gasteiger partial charge in [0, 0.05) is 30.2 Å². The molecule has 8 heteroatoms. The lowest BCUT2D eigenvalue weighted by Gasteiger charge is -2.44. The lowest BCUT2D eigenvalue weighted by Crippen LogP contribution is -2.57. The second-order valence-corrected chi connectivity index (χ2v) is 6.43. The monoisotopic (exact) mass is 339 g/mol. The van der Waals surface area contributed by atoms with Gasteiger partial charge in [0.25, 0.3) is 5.91 Å². The molecule has 0 saturated carbocycles. The first-order valence-corrected chi connectivity index (χ1v) is 7.90. The Morgan fingerprint density at radius 3 is 2.67 bits per heavy atom. The van der Waals surface area contributed by atoms with Crippen molar-refractivity contribution in [1.29, 1.82) is 0 Å². The van der Waals surface area contributed by atoms with E-state index in [2.05, 4.69) is 15.2 Å². The van der Waals surface area contributed by atoms with Gasteiger partial charge in [0.1, 0.15) is 11.3 Å². The molecule has 2 aromatic rings. The van der Waals surface area contributed by atoms with E-state index in [9.17, 15) is 18.0 Å². The number of halogens is 3. The molecule has 128 valence electrons. The van der Waals surface area contributed by atoms with Crippen LogP contribution in [0.2, 0.25) is 0 Å². The van der Waals surface area contributed by atoms with E-state index in [1.54, 1.807) is 0 Å². The number of rotatable bonds is 2. The van der Waals surface area contributed by atoms with Crippen LogP contribution in [-0.4, -0.2) is 41.5 Å². The molecular weight excluding hydrogens is 323 g/mol. The minimum atomic E-state index is -4.56. The van der Waals surface area contributed by atoms with Crippen LogP contribution in [0.25, 0.3) is 11.0 Å². The number of carbonyl (C=O) groups excluding carboxylic acids is 1. The molecule has 2 aromatic heterocycles. The molecule has 5 heterocycles. The SMILES string of the molecule is O=C(NC1CN2CCC1CC2)c1cc2oc(C(F)(F)F)cc2cn1. The number of furan rings is 1. The van der Waals surface area contributed by atoms with Crippen LogP contribution in [0, 0.1) is 5.92 Å². The fourth-order valence-corrected chi connectivity index (χ4v) is 3.57. The van der Waals surface area contributed by atoms with Crippen molar-refractivity contribution in [3.05, 3.63) is 29.8 Å². The number of aromatic nitrogens is 1. The third kappa shape index (κ3) is 2.75. The Balaban J connectivity index is 1.54. The Labute approximate surface area is 135 Å². The molecule has 3 saturated heterocycles. The lowest BCUT2D eigenvalue weighted by molar-refractivity contribution is -0.152. The number of nitrogens with zero attached hydrogens (tertiary/aromatic N) is 2. The molecule has 3 aliphatic heterocycles. The number of carbonyl (C=O) groups is 1. The van der Waals surface area contributed by atoms with Gasteiger partial charge in [-0.05, 0) is 37.9 Å². The summed E-state index contributed by atoms with van der Waals surface area (Å²) in [4.78, 5) is 18.7. The van der Waals surface area contributed by atoms with Crippen molar-refractivity contribution in [3.8, 4) is 0 Å². The molecule has 0 radical (unpaired) electrons. The van der Waals surface area contributed by atoms with Gasteiger partial charge in [0.15, 0.2) is 0 Å². The standard InChI is InChI=1S/C16H16F3N3O2/c17-16(18,19)14-5-10-7-20-11(6-13(10)24-14)15(23)21-12-8-22-3-1-9(12)2-4-22/h5-7,9,12H,1-4,8H2,(H,21,23). The van der Waals surface area contributed by atoms with Crippen LogP contribution in [0.5, 0.6) is 0 Å². The first-order valence-electron chi connectivity index (χ1n) is 7.90. The number of hydrogen-bond acceptors (Lipinski definition) is 4. The molecule has 5 rings (SSSR count). The Morgan fingerprint density at radius 1 is 1.29 bits per heavy atom. The number of piperidine rings is 3. The summed E-state index contributed by atoms with van der Waals surface area (Å²) in [7, 11) is 0. The molecule has 3 aliphatic rings. The number of alkyl halides is 3. The van der Waals surface area contributed by atoms with Gasteiger partial charge in [-0.25, -0.2) is 0 Å². The Morgan fingerprint density at radius 2 is 2.04 bits per heavy atom. The van der Waals surface area contributed by atoms with Gasteiger partial charge >= 0.3 is 6.18 Å². The molecule has 3 fully saturated rings. The summed E-state index contributed by atoms with van der Waals surface area (Å²) < 4.78 is 42.9. The predicted octanol–water partition coefficient (Wildman–Crippen LogP) is 2.67. The number of hydrogen-bond donors (Lipinski definition) is 1. The van der Waals surface area contributed by atoms with Crippen molar-refractivity contribution in [1.82, 2.24) is 15.2 Å². The Kier molecular flexibility index (Phi) is 3.52. The molecule has 0 spiro atoms. The molecular formula is C16H16F3N3O2. The highest BCUT2D eigenvalue weighted by atomic mass is 19.4.